The van der Waals surface area contributed by atoms with Crippen molar-refractivity contribution in [3.63, 3.8) is 0 Å². The Bertz CT molecular complexity index is 728. The van der Waals surface area contributed by atoms with E-state index in [-0.39, 0.29) is 5.92 Å². The average Bonchev–Trinajstić information content (AvgIpc) is 2.98. The Labute approximate surface area is 139 Å². The first-order chi connectivity index (χ1) is 11.4. The van der Waals surface area contributed by atoms with Crippen molar-refractivity contribution >= 4 is 17.7 Å². The van der Waals surface area contributed by atoms with Crippen molar-refractivity contribution < 1.29 is 14.7 Å². The van der Waals surface area contributed by atoms with Crippen LogP contribution in [0.2, 0.25) is 0 Å². The van der Waals surface area contributed by atoms with E-state index in [2.05, 4.69) is 20.7 Å². The molecule has 2 aromatic rings. The Morgan fingerprint density at radius 2 is 2.12 bits per heavy atom. The first kappa shape index (κ1) is 17.5. The number of carbonyl (C=O) groups is 2. The third kappa shape index (κ3) is 4.31. The van der Waals surface area contributed by atoms with Crippen LogP contribution in [0, 0.1) is 5.92 Å². The molecule has 0 spiro atoms. The Morgan fingerprint density at radius 3 is 2.71 bits per heavy atom. The molecule has 2 amide bonds. The van der Waals surface area contributed by atoms with Crippen LogP contribution in [0.5, 0.6) is 0 Å². The summed E-state index contributed by atoms with van der Waals surface area (Å²) >= 11 is 0. The summed E-state index contributed by atoms with van der Waals surface area (Å²) in [7, 11) is 1.77. The van der Waals surface area contributed by atoms with E-state index in [0.717, 1.165) is 5.56 Å². The van der Waals surface area contributed by atoms with Crippen molar-refractivity contribution in [1.82, 2.24) is 20.1 Å². The molecule has 24 heavy (non-hydrogen) atoms. The van der Waals surface area contributed by atoms with E-state index >= 15 is 0 Å². The fourth-order valence-electron chi connectivity index (χ4n) is 2.20. The lowest BCUT2D eigenvalue weighted by molar-refractivity contribution is -0.140. The molecule has 0 saturated heterocycles. The molecular formula is C16H21N5O3. The Morgan fingerprint density at radius 1 is 1.38 bits per heavy atom. The summed E-state index contributed by atoms with van der Waals surface area (Å²) < 4.78 is 1.59. The van der Waals surface area contributed by atoms with Gasteiger partial charge in [-0.15, -0.1) is 0 Å². The standard InChI is InChI=1S/C16H21N5O3/c1-4-10(2)13(15(22)23)19-16(24)18-12-7-5-6-11(8-12)14-17-9-21(3)20-14/h5-10,13H,4H2,1-3H3,(H,22,23)(H2,18,19,24)/t10-,13-/m0/s1. The number of carboxylic acid groups (broad SMARTS) is 1. The molecule has 0 unspecified atom stereocenters. The summed E-state index contributed by atoms with van der Waals surface area (Å²) in [5, 5.41) is 18.6. The van der Waals surface area contributed by atoms with Gasteiger partial charge in [-0.05, 0) is 18.1 Å². The minimum atomic E-state index is -1.05. The van der Waals surface area contributed by atoms with Gasteiger partial charge in [-0.25, -0.2) is 14.6 Å². The average molecular weight is 331 g/mol. The molecule has 128 valence electrons. The number of hydrogen-bond donors (Lipinski definition) is 3. The van der Waals surface area contributed by atoms with E-state index in [4.69, 9.17) is 0 Å². The van der Waals surface area contributed by atoms with Gasteiger partial charge in [0.25, 0.3) is 0 Å². The van der Waals surface area contributed by atoms with Crippen LogP contribution in [0.1, 0.15) is 20.3 Å². The molecule has 8 nitrogen and oxygen atoms in total. The number of urea groups is 1. The van der Waals surface area contributed by atoms with E-state index in [1.54, 1.807) is 43.2 Å². The molecule has 1 heterocycles. The number of anilines is 1. The molecule has 3 N–H and O–H groups in total. The summed E-state index contributed by atoms with van der Waals surface area (Å²) in [5.74, 6) is -0.673. The van der Waals surface area contributed by atoms with Crippen LogP contribution < -0.4 is 10.6 Å². The predicted octanol–water partition coefficient (Wildman–Crippen LogP) is 2.10. The molecule has 0 fully saturated rings. The van der Waals surface area contributed by atoms with Crippen molar-refractivity contribution in [2.75, 3.05) is 5.32 Å². The molecule has 0 radical (unpaired) electrons. The topological polar surface area (TPSA) is 109 Å². The van der Waals surface area contributed by atoms with Gasteiger partial charge in [0, 0.05) is 18.3 Å². The maximum absolute atomic E-state index is 12.1. The maximum Gasteiger partial charge on any atom is 0.326 e. The fraction of sp³-hybridized carbons (Fsp3) is 0.375. The second kappa shape index (κ2) is 7.58. The van der Waals surface area contributed by atoms with Gasteiger partial charge in [0.15, 0.2) is 5.82 Å². The van der Waals surface area contributed by atoms with Crippen LogP contribution in [-0.2, 0) is 11.8 Å². The highest BCUT2D eigenvalue weighted by Gasteiger charge is 2.25. The lowest BCUT2D eigenvalue weighted by Gasteiger charge is -2.20. The number of benzene rings is 1. The first-order valence-electron chi connectivity index (χ1n) is 7.67. The van der Waals surface area contributed by atoms with Gasteiger partial charge in [0.05, 0.1) is 0 Å². The molecule has 0 aliphatic rings. The van der Waals surface area contributed by atoms with E-state index in [1.165, 1.54) is 0 Å². The highest BCUT2D eigenvalue weighted by Crippen LogP contribution is 2.19. The van der Waals surface area contributed by atoms with Crippen LogP contribution in [0.4, 0.5) is 10.5 Å². The molecular weight excluding hydrogens is 310 g/mol. The van der Waals surface area contributed by atoms with Crippen molar-refractivity contribution in [2.45, 2.75) is 26.3 Å². The third-order valence-electron chi connectivity index (χ3n) is 3.74. The van der Waals surface area contributed by atoms with Gasteiger partial charge in [0.1, 0.15) is 12.4 Å². The Balaban J connectivity index is 2.07. The highest BCUT2D eigenvalue weighted by molar-refractivity contribution is 5.92. The molecule has 0 bridgehead atoms. The number of hydrogen-bond acceptors (Lipinski definition) is 4. The lowest BCUT2D eigenvalue weighted by atomic mass is 9.99. The number of aryl methyl sites for hydroxylation is 1. The monoisotopic (exact) mass is 331 g/mol. The van der Waals surface area contributed by atoms with Gasteiger partial charge >= 0.3 is 12.0 Å². The minimum absolute atomic E-state index is 0.169. The summed E-state index contributed by atoms with van der Waals surface area (Å²) in [5.41, 5.74) is 1.29. The third-order valence-corrected chi connectivity index (χ3v) is 3.74. The van der Waals surface area contributed by atoms with E-state index in [1.807, 2.05) is 13.0 Å². The number of nitrogens with zero attached hydrogens (tertiary/aromatic N) is 3. The number of amides is 2. The molecule has 0 aliphatic carbocycles. The molecule has 1 aromatic heterocycles. The zero-order chi connectivity index (χ0) is 17.7. The van der Waals surface area contributed by atoms with Crippen molar-refractivity contribution in [3.05, 3.63) is 30.6 Å². The van der Waals surface area contributed by atoms with Crippen LogP contribution in [-0.4, -0.2) is 37.9 Å². The number of carbonyl (C=O) groups excluding carboxylic acids is 1. The van der Waals surface area contributed by atoms with Crippen LogP contribution in [0.3, 0.4) is 0 Å². The predicted molar refractivity (Wildman–Crippen MR) is 89.5 cm³/mol. The number of carboxylic acids is 1. The highest BCUT2D eigenvalue weighted by atomic mass is 16.4. The number of rotatable bonds is 6. The summed E-state index contributed by atoms with van der Waals surface area (Å²) in [4.78, 5) is 27.5. The zero-order valence-electron chi connectivity index (χ0n) is 13.9. The lowest BCUT2D eigenvalue weighted by Crippen LogP contribution is -2.46. The number of aromatic nitrogens is 3. The Hall–Kier alpha value is -2.90. The molecule has 2 atom stereocenters. The van der Waals surface area contributed by atoms with Gasteiger partial charge in [-0.1, -0.05) is 32.4 Å². The second-order valence-electron chi connectivity index (χ2n) is 5.62. The van der Waals surface area contributed by atoms with Crippen LogP contribution >= 0.6 is 0 Å². The van der Waals surface area contributed by atoms with Gasteiger partial charge in [0.2, 0.25) is 0 Å². The minimum Gasteiger partial charge on any atom is -0.480 e. The normalized spacial score (nSPS) is 13.1. The van der Waals surface area contributed by atoms with Crippen LogP contribution in [0.15, 0.2) is 30.6 Å². The molecule has 1 aromatic carbocycles. The summed E-state index contributed by atoms with van der Waals surface area (Å²) in [6, 6.07) is 5.55. The summed E-state index contributed by atoms with van der Waals surface area (Å²) in [6.45, 7) is 3.66. The largest absolute Gasteiger partial charge is 0.480 e. The smallest absolute Gasteiger partial charge is 0.326 e. The van der Waals surface area contributed by atoms with Gasteiger partial charge < -0.3 is 15.7 Å². The van der Waals surface area contributed by atoms with E-state index < -0.39 is 18.0 Å². The number of aliphatic carboxylic acids is 1. The summed E-state index contributed by atoms with van der Waals surface area (Å²) in [6.07, 6.45) is 2.24. The first-order valence-corrected chi connectivity index (χ1v) is 7.67. The molecule has 8 heteroatoms. The fourth-order valence-corrected chi connectivity index (χ4v) is 2.20. The van der Waals surface area contributed by atoms with Gasteiger partial charge in [-0.3, -0.25) is 4.68 Å². The quantitative estimate of drug-likeness (QED) is 0.751. The van der Waals surface area contributed by atoms with Crippen molar-refractivity contribution in [2.24, 2.45) is 13.0 Å². The van der Waals surface area contributed by atoms with Crippen molar-refractivity contribution in [3.8, 4) is 11.4 Å². The SMILES string of the molecule is CC[C@H](C)[C@H](NC(=O)Nc1cccc(-c2ncn(C)n2)c1)C(=O)O. The molecule has 0 saturated carbocycles. The van der Waals surface area contributed by atoms with Crippen LogP contribution in [0.25, 0.3) is 11.4 Å². The Kier molecular flexibility index (Phi) is 5.51. The maximum atomic E-state index is 12.1. The number of nitrogens with one attached hydrogen (secondary N) is 2. The zero-order valence-corrected chi connectivity index (χ0v) is 13.9. The van der Waals surface area contributed by atoms with Gasteiger partial charge in [-0.2, -0.15) is 5.10 Å². The molecule has 0 aliphatic heterocycles. The van der Waals surface area contributed by atoms with E-state index in [0.29, 0.717) is 17.9 Å². The second-order valence-corrected chi connectivity index (χ2v) is 5.62. The molecule has 2 rings (SSSR count). The van der Waals surface area contributed by atoms with Crippen molar-refractivity contribution in [1.29, 1.82) is 0 Å². The van der Waals surface area contributed by atoms with E-state index in [9.17, 15) is 14.7 Å².